The maximum absolute atomic E-state index is 11.4. The maximum atomic E-state index is 11.4. The third kappa shape index (κ3) is 4.59. The number of amides is 1. The van der Waals surface area contributed by atoms with Crippen molar-refractivity contribution < 1.29 is 4.79 Å². The largest absolute Gasteiger partial charge is 0.297 e. The SMILES string of the molecule is C/C=C/C=C/C(=O)Nc1nnc(SCC)s1. The van der Waals surface area contributed by atoms with Crippen LogP contribution in [0, 0.1) is 0 Å². The zero-order valence-electron chi connectivity index (χ0n) is 9.14. The molecule has 0 aliphatic carbocycles. The van der Waals surface area contributed by atoms with Crippen molar-refractivity contribution >= 4 is 34.1 Å². The zero-order chi connectivity index (χ0) is 11.8. The highest BCUT2D eigenvalue weighted by atomic mass is 32.2. The molecule has 1 amide bonds. The van der Waals surface area contributed by atoms with Crippen LogP contribution in [0.15, 0.2) is 28.6 Å². The lowest BCUT2D eigenvalue weighted by Crippen LogP contribution is -2.07. The van der Waals surface area contributed by atoms with Gasteiger partial charge in [-0.3, -0.25) is 10.1 Å². The first-order valence-corrected chi connectivity index (χ1v) is 6.63. The number of anilines is 1. The molecule has 1 N–H and O–H groups in total. The summed E-state index contributed by atoms with van der Waals surface area (Å²) in [5, 5.41) is 11.0. The highest BCUT2D eigenvalue weighted by Crippen LogP contribution is 2.24. The van der Waals surface area contributed by atoms with Gasteiger partial charge < -0.3 is 0 Å². The number of aromatic nitrogens is 2. The normalized spacial score (nSPS) is 11.4. The average molecular weight is 255 g/mol. The minimum atomic E-state index is -0.192. The highest BCUT2D eigenvalue weighted by molar-refractivity contribution is 8.01. The third-order valence-electron chi connectivity index (χ3n) is 1.46. The van der Waals surface area contributed by atoms with Gasteiger partial charge in [-0.2, -0.15) is 0 Å². The van der Waals surface area contributed by atoms with Crippen molar-refractivity contribution in [3.63, 3.8) is 0 Å². The number of nitrogens with one attached hydrogen (secondary N) is 1. The molecule has 1 heterocycles. The Bertz CT molecular complexity index is 399. The molecule has 1 rings (SSSR count). The Balaban J connectivity index is 2.49. The van der Waals surface area contributed by atoms with E-state index < -0.39 is 0 Å². The van der Waals surface area contributed by atoms with Crippen molar-refractivity contribution in [2.24, 2.45) is 0 Å². The fourth-order valence-corrected chi connectivity index (χ4v) is 2.50. The first-order valence-electron chi connectivity index (χ1n) is 4.83. The van der Waals surface area contributed by atoms with Gasteiger partial charge in [0.2, 0.25) is 11.0 Å². The van der Waals surface area contributed by atoms with E-state index in [1.807, 2.05) is 19.9 Å². The van der Waals surface area contributed by atoms with Crippen LogP contribution >= 0.6 is 23.1 Å². The topological polar surface area (TPSA) is 54.9 Å². The number of carbonyl (C=O) groups is 1. The summed E-state index contributed by atoms with van der Waals surface area (Å²) in [5.74, 6) is 0.756. The van der Waals surface area contributed by atoms with Gasteiger partial charge in [0.15, 0.2) is 4.34 Å². The number of nitrogens with zero attached hydrogens (tertiary/aromatic N) is 2. The van der Waals surface area contributed by atoms with Crippen molar-refractivity contribution in [1.82, 2.24) is 10.2 Å². The lowest BCUT2D eigenvalue weighted by atomic mass is 10.4. The summed E-state index contributed by atoms with van der Waals surface area (Å²) in [5.41, 5.74) is 0. The van der Waals surface area contributed by atoms with Gasteiger partial charge in [0.05, 0.1) is 0 Å². The quantitative estimate of drug-likeness (QED) is 0.380. The van der Waals surface area contributed by atoms with Crippen LogP contribution in [0.1, 0.15) is 13.8 Å². The van der Waals surface area contributed by atoms with E-state index in [0.29, 0.717) is 5.13 Å². The Hall–Kier alpha value is -1.14. The summed E-state index contributed by atoms with van der Waals surface area (Å²) >= 11 is 2.99. The molecule has 6 heteroatoms. The van der Waals surface area contributed by atoms with Crippen LogP contribution in [0.25, 0.3) is 0 Å². The van der Waals surface area contributed by atoms with Gasteiger partial charge in [0.25, 0.3) is 0 Å². The fraction of sp³-hybridized carbons (Fsp3) is 0.300. The zero-order valence-corrected chi connectivity index (χ0v) is 10.8. The number of carbonyl (C=O) groups excluding carboxylic acids is 1. The summed E-state index contributed by atoms with van der Waals surface area (Å²) in [6.07, 6.45) is 6.77. The van der Waals surface area contributed by atoms with Crippen LogP contribution < -0.4 is 5.32 Å². The Morgan fingerprint density at radius 3 is 3.00 bits per heavy atom. The average Bonchev–Trinajstić information content (AvgIpc) is 2.66. The molecule has 0 aliphatic rings. The Morgan fingerprint density at radius 1 is 1.50 bits per heavy atom. The molecule has 0 bridgehead atoms. The van der Waals surface area contributed by atoms with E-state index in [4.69, 9.17) is 0 Å². The Morgan fingerprint density at radius 2 is 2.31 bits per heavy atom. The van der Waals surface area contributed by atoms with Crippen LogP contribution in [0.2, 0.25) is 0 Å². The van der Waals surface area contributed by atoms with E-state index in [9.17, 15) is 4.79 Å². The van der Waals surface area contributed by atoms with Gasteiger partial charge in [-0.25, -0.2) is 0 Å². The van der Waals surface area contributed by atoms with E-state index >= 15 is 0 Å². The predicted molar refractivity (Wildman–Crippen MR) is 68.9 cm³/mol. The van der Waals surface area contributed by atoms with Crippen LogP contribution in [0.3, 0.4) is 0 Å². The molecule has 1 aromatic heterocycles. The minimum Gasteiger partial charge on any atom is -0.297 e. The molecule has 16 heavy (non-hydrogen) atoms. The molecule has 0 radical (unpaired) electrons. The van der Waals surface area contributed by atoms with Crippen molar-refractivity contribution in [3.8, 4) is 0 Å². The molecule has 0 atom stereocenters. The van der Waals surface area contributed by atoms with Gasteiger partial charge in [-0.05, 0) is 12.7 Å². The summed E-state index contributed by atoms with van der Waals surface area (Å²) in [6, 6.07) is 0. The maximum Gasteiger partial charge on any atom is 0.250 e. The number of hydrogen-bond donors (Lipinski definition) is 1. The van der Waals surface area contributed by atoms with Crippen molar-refractivity contribution in [2.75, 3.05) is 11.1 Å². The van der Waals surface area contributed by atoms with E-state index in [0.717, 1.165) is 10.1 Å². The van der Waals surface area contributed by atoms with E-state index in [2.05, 4.69) is 15.5 Å². The molecular weight excluding hydrogens is 242 g/mol. The van der Waals surface area contributed by atoms with Crippen LogP contribution in [-0.2, 0) is 4.79 Å². The molecule has 0 spiro atoms. The molecule has 1 aromatic rings. The third-order valence-corrected chi connectivity index (χ3v) is 3.31. The Labute approximate surface area is 103 Å². The smallest absolute Gasteiger partial charge is 0.250 e. The van der Waals surface area contributed by atoms with E-state index in [1.165, 1.54) is 17.4 Å². The van der Waals surface area contributed by atoms with E-state index in [-0.39, 0.29) is 5.91 Å². The Kier molecular flexibility index (Phi) is 5.81. The number of thioether (sulfide) groups is 1. The van der Waals surface area contributed by atoms with Crippen molar-refractivity contribution in [1.29, 1.82) is 0 Å². The van der Waals surface area contributed by atoms with Gasteiger partial charge in [-0.1, -0.05) is 48.3 Å². The van der Waals surface area contributed by atoms with E-state index in [1.54, 1.807) is 23.9 Å². The number of hydrogen-bond acceptors (Lipinski definition) is 5. The molecule has 0 saturated carbocycles. The molecule has 0 aliphatic heterocycles. The second-order valence-electron chi connectivity index (χ2n) is 2.68. The van der Waals surface area contributed by atoms with Crippen LogP contribution in [0.5, 0.6) is 0 Å². The van der Waals surface area contributed by atoms with Gasteiger partial charge in [-0.15, -0.1) is 10.2 Å². The lowest BCUT2D eigenvalue weighted by molar-refractivity contribution is -0.111. The van der Waals surface area contributed by atoms with Gasteiger partial charge >= 0.3 is 0 Å². The highest BCUT2D eigenvalue weighted by Gasteiger charge is 2.05. The predicted octanol–water partition coefficient (Wildman–Crippen LogP) is 2.72. The number of allylic oxidation sites excluding steroid dienone is 3. The molecule has 0 aromatic carbocycles. The summed E-state index contributed by atoms with van der Waals surface area (Å²) < 4.78 is 0.871. The van der Waals surface area contributed by atoms with Crippen LogP contribution in [0.4, 0.5) is 5.13 Å². The monoisotopic (exact) mass is 255 g/mol. The van der Waals surface area contributed by atoms with Crippen LogP contribution in [-0.4, -0.2) is 21.9 Å². The summed E-state index contributed by atoms with van der Waals surface area (Å²) in [4.78, 5) is 11.4. The minimum absolute atomic E-state index is 0.192. The first-order chi connectivity index (χ1) is 7.76. The fourth-order valence-electron chi connectivity index (χ4n) is 0.843. The molecule has 86 valence electrons. The van der Waals surface area contributed by atoms with Crippen molar-refractivity contribution in [3.05, 3.63) is 24.3 Å². The summed E-state index contributed by atoms with van der Waals surface area (Å²) in [7, 11) is 0. The van der Waals surface area contributed by atoms with Gasteiger partial charge in [0.1, 0.15) is 0 Å². The summed E-state index contributed by atoms with van der Waals surface area (Å²) in [6.45, 7) is 3.94. The molecule has 4 nitrogen and oxygen atoms in total. The van der Waals surface area contributed by atoms with Gasteiger partial charge in [0, 0.05) is 6.08 Å². The first kappa shape index (κ1) is 12.9. The van der Waals surface area contributed by atoms with Crippen molar-refractivity contribution in [2.45, 2.75) is 18.2 Å². The molecule has 0 fully saturated rings. The second kappa shape index (κ2) is 7.19. The molecule has 0 saturated heterocycles. The molecule has 0 unspecified atom stereocenters. The number of rotatable bonds is 5. The second-order valence-corrected chi connectivity index (χ2v) is 5.17. The molecular formula is C10H13N3OS2. The lowest BCUT2D eigenvalue weighted by Gasteiger charge is -1.92. The standard InChI is InChI=1S/C10H13N3OS2/c1-3-5-6-7-8(14)11-9-12-13-10(16-9)15-4-2/h3,5-7H,4H2,1-2H3,(H,11,12,14)/b5-3+,7-6+.